The zero-order chi connectivity index (χ0) is 21.1. The van der Waals surface area contributed by atoms with Gasteiger partial charge in [0.05, 0.1) is 0 Å². The van der Waals surface area contributed by atoms with Crippen LogP contribution in [-0.2, 0) is 11.2 Å². The van der Waals surface area contributed by atoms with Crippen molar-refractivity contribution in [2.24, 2.45) is 0 Å². The summed E-state index contributed by atoms with van der Waals surface area (Å²) in [4.78, 5) is 27.2. The molecule has 1 heterocycles. The molecule has 2 amide bonds. The first-order valence-corrected chi connectivity index (χ1v) is 9.87. The average molecular weight is 419 g/mol. The molecule has 0 saturated carbocycles. The Morgan fingerprint density at radius 1 is 1.00 bits per heavy atom. The van der Waals surface area contributed by atoms with Gasteiger partial charge in [-0.05, 0) is 41.8 Å². The number of nitrogens with one attached hydrogen (secondary N) is 1. The van der Waals surface area contributed by atoms with E-state index in [2.05, 4.69) is 0 Å². The van der Waals surface area contributed by atoms with Gasteiger partial charge in [-0.25, -0.2) is 5.48 Å². The van der Waals surface area contributed by atoms with E-state index < -0.39 is 5.91 Å². The highest BCUT2D eigenvalue weighted by atomic mass is 35.5. The summed E-state index contributed by atoms with van der Waals surface area (Å²) in [6.07, 6.45) is 2.51. The predicted octanol–water partition coefficient (Wildman–Crippen LogP) is 4.59. The Labute approximate surface area is 179 Å². The van der Waals surface area contributed by atoms with Crippen LogP contribution in [0.25, 0.3) is 11.6 Å². The standard InChI is InChI=1S/C24H19ClN2O3/c25-21-9-5-4-8-19(21)20(14-16-6-2-1-3-7-16)24(29)27-13-12-17-10-11-18(15-22(17)27)23(28)26-30/h1-11,14-15,30H,12-13H2,(H,26,28)/b20-14-. The third-order valence-electron chi connectivity index (χ3n) is 5.09. The number of halogens is 1. The van der Waals surface area contributed by atoms with Crippen LogP contribution in [0.2, 0.25) is 5.02 Å². The molecule has 0 saturated heterocycles. The maximum Gasteiger partial charge on any atom is 0.274 e. The maximum absolute atomic E-state index is 13.7. The van der Waals surface area contributed by atoms with Crippen LogP contribution >= 0.6 is 11.6 Å². The fourth-order valence-electron chi connectivity index (χ4n) is 3.59. The van der Waals surface area contributed by atoms with E-state index in [9.17, 15) is 9.59 Å². The Balaban J connectivity index is 1.79. The van der Waals surface area contributed by atoms with Crippen LogP contribution in [-0.4, -0.2) is 23.6 Å². The largest absolute Gasteiger partial charge is 0.308 e. The zero-order valence-electron chi connectivity index (χ0n) is 16.0. The van der Waals surface area contributed by atoms with Crippen molar-refractivity contribution >= 4 is 40.8 Å². The van der Waals surface area contributed by atoms with Crippen molar-refractivity contribution in [3.8, 4) is 0 Å². The quantitative estimate of drug-likeness (QED) is 0.282. The van der Waals surface area contributed by atoms with Gasteiger partial charge in [-0.3, -0.25) is 14.8 Å². The van der Waals surface area contributed by atoms with Crippen molar-refractivity contribution in [2.45, 2.75) is 6.42 Å². The molecule has 150 valence electrons. The number of hydrogen-bond donors (Lipinski definition) is 2. The van der Waals surface area contributed by atoms with Gasteiger partial charge < -0.3 is 4.90 Å². The Hall–Kier alpha value is -3.41. The van der Waals surface area contributed by atoms with Crippen molar-refractivity contribution in [1.29, 1.82) is 0 Å². The fraction of sp³-hybridized carbons (Fsp3) is 0.0833. The molecule has 0 spiro atoms. The van der Waals surface area contributed by atoms with Gasteiger partial charge in [0.15, 0.2) is 0 Å². The summed E-state index contributed by atoms with van der Waals surface area (Å²) in [5, 5.41) is 9.43. The number of rotatable bonds is 4. The molecule has 3 aromatic rings. The highest BCUT2D eigenvalue weighted by molar-refractivity contribution is 6.37. The van der Waals surface area contributed by atoms with Gasteiger partial charge in [-0.1, -0.05) is 66.2 Å². The molecule has 0 radical (unpaired) electrons. The topological polar surface area (TPSA) is 69.6 Å². The Morgan fingerprint density at radius 3 is 2.47 bits per heavy atom. The van der Waals surface area contributed by atoms with E-state index in [1.807, 2.05) is 60.7 Å². The summed E-state index contributed by atoms with van der Waals surface area (Å²) in [6.45, 7) is 0.495. The van der Waals surface area contributed by atoms with Gasteiger partial charge in [0.2, 0.25) is 0 Å². The molecule has 1 aliphatic heterocycles. The summed E-state index contributed by atoms with van der Waals surface area (Å²) in [5.74, 6) is -0.824. The van der Waals surface area contributed by atoms with E-state index in [1.54, 1.807) is 28.6 Å². The molecule has 30 heavy (non-hydrogen) atoms. The van der Waals surface area contributed by atoms with Crippen LogP contribution in [0, 0.1) is 0 Å². The monoisotopic (exact) mass is 418 g/mol. The van der Waals surface area contributed by atoms with E-state index in [0.717, 1.165) is 11.1 Å². The summed E-state index contributed by atoms with van der Waals surface area (Å²) in [6, 6.07) is 21.9. The molecule has 2 N–H and O–H groups in total. The minimum Gasteiger partial charge on any atom is -0.308 e. The molecular weight excluding hydrogens is 400 g/mol. The normalized spacial score (nSPS) is 13.1. The second-order valence-electron chi connectivity index (χ2n) is 6.94. The van der Waals surface area contributed by atoms with Gasteiger partial charge in [-0.2, -0.15) is 0 Å². The number of carbonyl (C=O) groups is 2. The van der Waals surface area contributed by atoms with E-state index in [0.29, 0.717) is 34.8 Å². The Kier molecular flexibility index (Phi) is 5.65. The molecule has 5 nitrogen and oxygen atoms in total. The van der Waals surface area contributed by atoms with Crippen molar-refractivity contribution in [3.05, 3.63) is 100 Å². The van der Waals surface area contributed by atoms with Crippen molar-refractivity contribution in [3.63, 3.8) is 0 Å². The van der Waals surface area contributed by atoms with Crippen LogP contribution in [0.5, 0.6) is 0 Å². The molecule has 0 bridgehead atoms. The molecule has 0 fully saturated rings. The molecule has 3 aromatic carbocycles. The van der Waals surface area contributed by atoms with Gasteiger partial charge in [-0.15, -0.1) is 0 Å². The van der Waals surface area contributed by atoms with Gasteiger partial charge in [0.25, 0.3) is 11.8 Å². The van der Waals surface area contributed by atoms with E-state index in [-0.39, 0.29) is 11.5 Å². The van der Waals surface area contributed by atoms with Crippen molar-refractivity contribution < 1.29 is 14.8 Å². The van der Waals surface area contributed by atoms with Crippen LogP contribution in [0.1, 0.15) is 27.0 Å². The molecule has 6 heteroatoms. The minimum atomic E-state index is -0.622. The number of hydrogen-bond acceptors (Lipinski definition) is 3. The molecule has 0 unspecified atom stereocenters. The molecule has 4 rings (SSSR count). The third kappa shape index (κ3) is 3.85. The molecule has 0 atom stereocenters. The lowest BCUT2D eigenvalue weighted by Crippen LogP contribution is -2.30. The predicted molar refractivity (Wildman–Crippen MR) is 118 cm³/mol. The number of nitrogens with zero attached hydrogens (tertiary/aromatic N) is 1. The smallest absolute Gasteiger partial charge is 0.274 e. The number of fused-ring (bicyclic) bond motifs is 1. The lowest BCUT2D eigenvalue weighted by Gasteiger charge is -2.21. The maximum atomic E-state index is 13.7. The van der Waals surface area contributed by atoms with Crippen LogP contribution < -0.4 is 10.4 Å². The number of amides is 2. The van der Waals surface area contributed by atoms with Gasteiger partial charge >= 0.3 is 0 Å². The van der Waals surface area contributed by atoms with E-state index in [1.165, 1.54) is 0 Å². The lowest BCUT2D eigenvalue weighted by atomic mass is 10.0. The summed E-state index contributed by atoms with van der Waals surface area (Å²) in [7, 11) is 0. The molecular formula is C24H19ClN2O3. The van der Waals surface area contributed by atoms with E-state index in [4.69, 9.17) is 16.8 Å². The Morgan fingerprint density at radius 2 is 1.73 bits per heavy atom. The summed E-state index contributed by atoms with van der Waals surface area (Å²) >= 11 is 6.43. The lowest BCUT2D eigenvalue weighted by molar-refractivity contribution is -0.113. The highest BCUT2D eigenvalue weighted by Crippen LogP contribution is 2.34. The van der Waals surface area contributed by atoms with E-state index >= 15 is 0 Å². The van der Waals surface area contributed by atoms with Crippen molar-refractivity contribution in [2.75, 3.05) is 11.4 Å². The Bertz CT molecular complexity index is 1140. The first-order chi connectivity index (χ1) is 14.6. The molecule has 1 aliphatic rings. The second kappa shape index (κ2) is 8.53. The number of carbonyl (C=O) groups excluding carboxylic acids is 2. The zero-order valence-corrected chi connectivity index (χ0v) is 16.8. The molecule has 0 aliphatic carbocycles. The minimum absolute atomic E-state index is 0.202. The first-order valence-electron chi connectivity index (χ1n) is 9.49. The second-order valence-corrected chi connectivity index (χ2v) is 7.35. The summed E-state index contributed by atoms with van der Waals surface area (Å²) < 4.78 is 0. The van der Waals surface area contributed by atoms with Gasteiger partial charge in [0, 0.05) is 34.0 Å². The third-order valence-corrected chi connectivity index (χ3v) is 5.42. The number of anilines is 1. The van der Waals surface area contributed by atoms with Crippen LogP contribution in [0.15, 0.2) is 72.8 Å². The number of hydroxylamine groups is 1. The fourth-order valence-corrected chi connectivity index (χ4v) is 3.83. The van der Waals surface area contributed by atoms with Crippen molar-refractivity contribution in [1.82, 2.24) is 5.48 Å². The average Bonchev–Trinajstić information content (AvgIpc) is 3.21. The molecule has 0 aromatic heterocycles. The van der Waals surface area contributed by atoms with Crippen LogP contribution in [0.4, 0.5) is 5.69 Å². The number of benzene rings is 3. The first kappa shape index (κ1) is 19.9. The highest BCUT2D eigenvalue weighted by Gasteiger charge is 2.29. The summed E-state index contributed by atoms with van der Waals surface area (Å²) in [5.41, 5.74) is 5.54. The van der Waals surface area contributed by atoms with Gasteiger partial charge in [0.1, 0.15) is 0 Å². The SMILES string of the molecule is O=C(NO)c1ccc2c(c1)N(C(=O)/C(=C\c1ccccc1)c1ccccc1Cl)CC2. The van der Waals surface area contributed by atoms with Crippen LogP contribution in [0.3, 0.4) is 0 Å².